The summed E-state index contributed by atoms with van der Waals surface area (Å²) in [4.78, 5) is 42.7. The van der Waals surface area contributed by atoms with Crippen LogP contribution in [0.4, 0.5) is 4.39 Å². The monoisotopic (exact) mass is 595 g/mol. The lowest BCUT2D eigenvalue weighted by Gasteiger charge is -2.45. The van der Waals surface area contributed by atoms with Crippen LogP contribution >= 0.6 is 0 Å². The van der Waals surface area contributed by atoms with Crippen molar-refractivity contribution >= 4 is 22.8 Å². The Labute approximate surface area is 256 Å². The van der Waals surface area contributed by atoms with Crippen LogP contribution in [0, 0.1) is 12.7 Å². The molecular weight excluding hydrogens is 557 g/mol. The molecule has 2 N–H and O–H groups in total. The van der Waals surface area contributed by atoms with Gasteiger partial charge in [0.05, 0.1) is 11.0 Å². The first-order chi connectivity index (χ1) is 21.3. The Hall–Kier alpha value is -4.18. The van der Waals surface area contributed by atoms with Crippen LogP contribution in [0.2, 0.25) is 0 Å². The number of imidazole rings is 1. The number of primary amides is 1. The summed E-state index contributed by atoms with van der Waals surface area (Å²) in [5, 5.41) is 0. The zero-order valence-electron chi connectivity index (χ0n) is 25.0. The molecule has 0 saturated carbocycles. The standard InChI is InChI=1S/C34H38FN7O2/c1-22-39-28-7-2-3-8-29(28)42(22)27-20-25-9-10-26(21-27)41(25)18-13-34(23-5-4-6-24(35)19-23)11-16-40(17-12-34)33(44)31-30(32(36)43)37-14-15-38-31/h2-8,14-15,19,25-27H,9-13,16-18,20-21H2,1H3,(H2,36,43)/t25-,26+,27+. The highest BCUT2D eigenvalue weighted by Crippen LogP contribution is 2.45. The molecule has 0 unspecified atom stereocenters. The van der Waals surface area contributed by atoms with Gasteiger partial charge in [0.25, 0.3) is 11.8 Å². The van der Waals surface area contributed by atoms with Gasteiger partial charge in [-0.25, -0.2) is 19.3 Å². The first kappa shape index (κ1) is 28.6. The van der Waals surface area contributed by atoms with Crippen molar-refractivity contribution in [1.29, 1.82) is 0 Å². The number of halogens is 1. The molecule has 0 aliphatic carbocycles. The number of likely N-dealkylation sites (tertiary alicyclic amines) is 1. The van der Waals surface area contributed by atoms with Gasteiger partial charge in [0.2, 0.25) is 0 Å². The minimum Gasteiger partial charge on any atom is -0.364 e. The molecule has 5 heterocycles. The van der Waals surface area contributed by atoms with Crippen LogP contribution in [0.25, 0.3) is 11.0 Å². The van der Waals surface area contributed by atoms with E-state index in [9.17, 15) is 14.0 Å². The largest absolute Gasteiger partial charge is 0.364 e. The number of hydrogen-bond acceptors (Lipinski definition) is 6. The Morgan fingerprint density at radius 1 is 0.955 bits per heavy atom. The SMILES string of the molecule is Cc1nc2ccccc2n1[C@H]1C[C@H]2CC[C@@H](C1)N2CCC1(c2cccc(F)c2)CCN(C(=O)c2nccnc2C(N)=O)CC1. The molecule has 3 aliphatic heterocycles. The van der Waals surface area contributed by atoms with Gasteiger partial charge < -0.3 is 15.2 Å². The number of para-hydroxylation sites is 2. The zero-order chi connectivity index (χ0) is 30.4. The average molecular weight is 596 g/mol. The highest BCUT2D eigenvalue weighted by Gasteiger charge is 2.44. The van der Waals surface area contributed by atoms with Gasteiger partial charge in [-0.15, -0.1) is 0 Å². The maximum atomic E-state index is 14.5. The maximum Gasteiger partial charge on any atom is 0.274 e. The highest BCUT2D eigenvalue weighted by atomic mass is 19.1. The molecule has 2 aromatic heterocycles. The smallest absolute Gasteiger partial charge is 0.274 e. The molecule has 44 heavy (non-hydrogen) atoms. The third-order valence-corrected chi connectivity index (χ3v) is 10.4. The molecule has 3 atom stereocenters. The molecule has 3 saturated heterocycles. The van der Waals surface area contributed by atoms with Gasteiger partial charge in [-0.05, 0) is 93.7 Å². The minimum absolute atomic E-state index is 0.0152. The van der Waals surface area contributed by atoms with Crippen LogP contribution in [0.5, 0.6) is 0 Å². The first-order valence-electron chi connectivity index (χ1n) is 15.7. The van der Waals surface area contributed by atoms with Gasteiger partial charge in [0.15, 0.2) is 11.4 Å². The summed E-state index contributed by atoms with van der Waals surface area (Å²) >= 11 is 0. The Bertz CT molecular complexity index is 1700. The van der Waals surface area contributed by atoms with E-state index >= 15 is 0 Å². The Morgan fingerprint density at radius 2 is 1.66 bits per heavy atom. The van der Waals surface area contributed by atoms with E-state index in [1.807, 2.05) is 12.1 Å². The third-order valence-electron chi connectivity index (χ3n) is 10.4. The van der Waals surface area contributed by atoms with Crippen LogP contribution in [-0.2, 0) is 5.41 Å². The van der Waals surface area contributed by atoms with Crippen LogP contribution < -0.4 is 5.73 Å². The summed E-state index contributed by atoms with van der Waals surface area (Å²) in [6, 6.07) is 16.9. The van der Waals surface area contributed by atoms with Gasteiger partial charge in [-0.2, -0.15) is 0 Å². The lowest BCUT2D eigenvalue weighted by Crippen LogP contribution is -2.49. The van der Waals surface area contributed by atoms with Crippen LogP contribution in [0.1, 0.15) is 83.4 Å². The summed E-state index contributed by atoms with van der Waals surface area (Å²) in [5.74, 6) is -0.278. The quantitative estimate of drug-likeness (QED) is 0.329. The Kier molecular flexibility index (Phi) is 7.40. The number of carbonyl (C=O) groups is 2. The predicted octanol–water partition coefficient (Wildman–Crippen LogP) is 4.80. The van der Waals surface area contributed by atoms with Gasteiger partial charge in [-0.1, -0.05) is 24.3 Å². The lowest BCUT2D eigenvalue weighted by molar-refractivity contribution is 0.0598. The van der Waals surface area contributed by atoms with E-state index in [0.717, 1.165) is 42.7 Å². The van der Waals surface area contributed by atoms with E-state index < -0.39 is 5.91 Å². The van der Waals surface area contributed by atoms with Crippen LogP contribution in [-0.4, -0.2) is 72.9 Å². The summed E-state index contributed by atoms with van der Waals surface area (Å²) in [6.07, 6.45) is 9.64. The molecule has 0 spiro atoms. The van der Waals surface area contributed by atoms with E-state index in [2.05, 4.69) is 44.6 Å². The molecule has 3 fully saturated rings. The molecule has 2 aromatic carbocycles. The molecule has 0 radical (unpaired) electrons. The van der Waals surface area contributed by atoms with Crippen molar-refractivity contribution < 1.29 is 14.0 Å². The number of benzene rings is 2. The van der Waals surface area contributed by atoms with E-state index in [4.69, 9.17) is 10.7 Å². The molecular formula is C34H38FN7O2. The van der Waals surface area contributed by atoms with Gasteiger partial charge in [-0.3, -0.25) is 14.5 Å². The van der Waals surface area contributed by atoms with Crippen molar-refractivity contribution in [3.8, 4) is 0 Å². The van der Waals surface area contributed by atoms with Crippen molar-refractivity contribution in [2.24, 2.45) is 5.73 Å². The van der Waals surface area contributed by atoms with Crippen molar-refractivity contribution in [3.63, 3.8) is 0 Å². The Morgan fingerprint density at radius 3 is 2.36 bits per heavy atom. The van der Waals surface area contributed by atoms with Crippen LogP contribution in [0.15, 0.2) is 60.9 Å². The van der Waals surface area contributed by atoms with Crippen molar-refractivity contribution in [3.05, 3.63) is 89.5 Å². The van der Waals surface area contributed by atoms with Crippen LogP contribution in [0.3, 0.4) is 0 Å². The van der Waals surface area contributed by atoms with Gasteiger partial charge in [0, 0.05) is 43.6 Å². The second kappa shape index (κ2) is 11.4. The minimum atomic E-state index is -0.776. The molecule has 2 amide bonds. The number of carbonyl (C=O) groups excluding carboxylic acids is 2. The molecule has 7 rings (SSSR count). The first-order valence-corrected chi connectivity index (χ1v) is 15.7. The van der Waals surface area contributed by atoms with Gasteiger partial charge >= 0.3 is 0 Å². The number of nitrogens with two attached hydrogens (primary N) is 1. The fourth-order valence-electron chi connectivity index (χ4n) is 8.25. The second-order valence-corrected chi connectivity index (χ2v) is 12.7. The maximum absolute atomic E-state index is 14.5. The normalized spacial score (nSPS) is 23.2. The molecule has 10 heteroatoms. The highest BCUT2D eigenvalue weighted by molar-refractivity contribution is 6.04. The number of piperidine rings is 2. The molecule has 9 nitrogen and oxygen atoms in total. The molecule has 3 aliphatic rings. The number of aromatic nitrogens is 4. The van der Waals surface area contributed by atoms with E-state index in [1.165, 1.54) is 36.8 Å². The number of rotatable bonds is 7. The third kappa shape index (κ3) is 5.04. The fourth-order valence-corrected chi connectivity index (χ4v) is 8.25. The molecule has 4 aromatic rings. The number of nitrogens with zero attached hydrogens (tertiary/aromatic N) is 6. The van der Waals surface area contributed by atoms with Crippen molar-refractivity contribution in [2.45, 2.75) is 75.4 Å². The number of hydrogen-bond donors (Lipinski definition) is 1. The zero-order valence-corrected chi connectivity index (χ0v) is 25.0. The topological polar surface area (TPSA) is 110 Å². The number of fused-ring (bicyclic) bond motifs is 3. The van der Waals surface area contributed by atoms with E-state index in [1.54, 1.807) is 17.0 Å². The van der Waals surface area contributed by atoms with E-state index in [0.29, 0.717) is 44.1 Å². The van der Waals surface area contributed by atoms with Gasteiger partial charge in [0.1, 0.15) is 11.6 Å². The summed E-state index contributed by atoms with van der Waals surface area (Å²) in [5.41, 5.74) is 8.35. The number of amides is 2. The van der Waals surface area contributed by atoms with Crippen molar-refractivity contribution in [1.82, 2.24) is 29.3 Å². The molecule has 228 valence electrons. The average Bonchev–Trinajstić information content (AvgIpc) is 3.50. The Balaban J connectivity index is 1.08. The molecule has 2 bridgehead atoms. The van der Waals surface area contributed by atoms with E-state index in [-0.39, 0.29) is 28.5 Å². The fraction of sp³-hybridized carbons (Fsp3) is 0.441. The summed E-state index contributed by atoms with van der Waals surface area (Å²) < 4.78 is 17.0. The summed E-state index contributed by atoms with van der Waals surface area (Å²) in [7, 11) is 0. The second-order valence-electron chi connectivity index (χ2n) is 12.7. The predicted molar refractivity (Wildman–Crippen MR) is 165 cm³/mol. The lowest BCUT2D eigenvalue weighted by atomic mass is 9.70. The number of aryl methyl sites for hydroxylation is 1. The van der Waals surface area contributed by atoms with Crippen molar-refractivity contribution in [2.75, 3.05) is 19.6 Å². The summed E-state index contributed by atoms with van der Waals surface area (Å²) in [6.45, 7) is 4.01.